The third-order valence-electron chi connectivity index (χ3n) is 3.75. The maximum Gasteiger partial charge on any atom is 0.140 e. The van der Waals surface area contributed by atoms with Crippen molar-refractivity contribution in [3.63, 3.8) is 0 Å². The summed E-state index contributed by atoms with van der Waals surface area (Å²) < 4.78 is 0. The van der Waals surface area contributed by atoms with Gasteiger partial charge in [-0.05, 0) is 32.4 Å². The Kier molecular flexibility index (Phi) is 4.04. The molecule has 2 rings (SSSR count). The molecule has 4 nitrogen and oxygen atoms in total. The van der Waals surface area contributed by atoms with Gasteiger partial charge in [0.25, 0.3) is 0 Å². The zero-order valence-corrected chi connectivity index (χ0v) is 12.8. The van der Waals surface area contributed by atoms with Crippen LogP contribution < -0.4 is 10.6 Å². The van der Waals surface area contributed by atoms with Gasteiger partial charge in [0.2, 0.25) is 0 Å². The average molecular weight is 278 g/mol. The Labute approximate surface area is 119 Å². The van der Waals surface area contributed by atoms with Gasteiger partial charge in [-0.2, -0.15) is 11.8 Å². The smallest absolute Gasteiger partial charge is 0.140 e. The van der Waals surface area contributed by atoms with Gasteiger partial charge in [0, 0.05) is 29.3 Å². The van der Waals surface area contributed by atoms with Crippen LogP contribution >= 0.6 is 11.8 Å². The second kappa shape index (κ2) is 5.41. The molecule has 0 spiro atoms. The number of nitrogens with zero attached hydrogens (tertiary/aromatic N) is 2. The van der Waals surface area contributed by atoms with Crippen molar-refractivity contribution in [1.82, 2.24) is 4.98 Å². The van der Waals surface area contributed by atoms with Crippen molar-refractivity contribution >= 4 is 23.4 Å². The van der Waals surface area contributed by atoms with Gasteiger partial charge in [-0.25, -0.2) is 4.98 Å². The molecule has 1 aliphatic heterocycles. The lowest BCUT2D eigenvalue weighted by Gasteiger charge is -2.39. The highest BCUT2D eigenvalue weighted by molar-refractivity contribution is 8.00. The summed E-state index contributed by atoms with van der Waals surface area (Å²) in [4.78, 5) is 6.96. The second-order valence-electron chi connectivity index (χ2n) is 5.20. The third-order valence-corrected chi connectivity index (χ3v) is 5.09. The van der Waals surface area contributed by atoms with Crippen LogP contribution in [0.25, 0.3) is 0 Å². The van der Waals surface area contributed by atoms with Gasteiger partial charge >= 0.3 is 0 Å². The van der Waals surface area contributed by atoms with E-state index in [4.69, 9.17) is 11.1 Å². The second-order valence-corrected chi connectivity index (χ2v) is 6.69. The molecular weight excluding hydrogens is 256 g/mol. The van der Waals surface area contributed by atoms with Gasteiger partial charge in [0.15, 0.2) is 0 Å². The minimum Gasteiger partial charge on any atom is -0.384 e. The molecule has 0 radical (unpaired) electrons. The fourth-order valence-electron chi connectivity index (χ4n) is 2.59. The predicted octanol–water partition coefficient (Wildman–Crippen LogP) is 2.31. The van der Waals surface area contributed by atoms with Crippen LogP contribution in [0.15, 0.2) is 6.07 Å². The van der Waals surface area contributed by atoms with E-state index in [1.54, 1.807) is 0 Å². The first-order chi connectivity index (χ1) is 8.91. The highest BCUT2D eigenvalue weighted by Gasteiger charge is 2.29. The number of amidine groups is 1. The number of rotatable bonds is 2. The predicted molar refractivity (Wildman–Crippen MR) is 83.5 cm³/mol. The van der Waals surface area contributed by atoms with E-state index >= 15 is 0 Å². The lowest BCUT2D eigenvalue weighted by Crippen LogP contribution is -2.46. The summed E-state index contributed by atoms with van der Waals surface area (Å²) in [5, 5.41) is 8.39. The van der Waals surface area contributed by atoms with Crippen LogP contribution in [0.1, 0.15) is 30.7 Å². The Morgan fingerprint density at radius 1 is 1.47 bits per heavy atom. The van der Waals surface area contributed by atoms with E-state index in [-0.39, 0.29) is 5.84 Å². The van der Waals surface area contributed by atoms with E-state index in [1.165, 1.54) is 0 Å². The molecule has 1 aromatic heterocycles. The molecular formula is C14H22N4S. The number of anilines is 1. The van der Waals surface area contributed by atoms with Crippen LogP contribution in [0.3, 0.4) is 0 Å². The Morgan fingerprint density at radius 2 is 2.16 bits per heavy atom. The topological polar surface area (TPSA) is 66.0 Å². The Balaban J connectivity index is 2.51. The van der Waals surface area contributed by atoms with E-state index in [0.717, 1.165) is 34.9 Å². The number of nitrogen functional groups attached to an aromatic ring is 1. The molecule has 2 unspecified atom stereocenters. The average Bonchev–Trinajstić information content (AvgIpc) is 2.31. The number of aromatic nitrogens is 1. The Morgan fingerprint density at radius 3 is 2.79 bits per heavy atom. The third kappa shape index (κ3) is 2.71. The van der Waals surface area contributed by atoms with Crippen LogP contribution in [-0.2, 0) is 0 Å². The number of nitrogens with two attached hydrogens (primary N) is 1. The molecule has 0 bridgehead atoms. The van der Waals surface area contributed by atoms with E-state index in [9.17, 15) is 0 Å². The van der Waals surface area contributed by atoms with E-state index < -0.39 is 0 Å². The van der Waals surface area contributed by atoms with Gasteiger partial charge in [0.05, 0.1) is 5.56 Å². The van der Waals surface area contributed by atoms with Crippen LogP contribution in [0.2, 0.25) is 0 Å². The van der Waals surface area contributed by atoms with Crippen molar-refractivity contribution < 1.29 is 0 Å². The summed E-state index contributed by atoms with van der Waals surface area (Å²) in [6.45, 7) is 9.43. The van der Waals surface area contributed by atoms with Gasteiger partial charge in [0.1, 0.15) is 11.7 Å². The van der Waals surface area contributed by atoms with Crippen LogP contribution in [0.4, 0.5) is 5.82 Å². The highest BCUT2D eigenvalue weighted by atomic mass is 32.2. The summed E-state index contributed by atoms with van der Waals surface area (Å²) in [5.41, 5.74) is 8.57. The van der Waals surface area contributed by atoms with Crippen LogP contribution in [-0.4, -0.2) is 34.4 Å². The number of aryl methyl sites for hydroxylation is 2. The minimum absolute atomic E-state index is 0.109. The van der Waals surface area contributed by atoms with E-state index in [0.29, 0.717) is 11.3 Å². The maximum absolute atomic E-state index is 7.83. The molecule has 1 aromatic rings. The lowest BCUT2D eigenvalue weighted by molar-refractivity contribution is 0.619. The van der Waals surface area contributed by atoms with Crippen molar-refractivity contribution in [2.75, 3.05) is 17.2 Å². The maximum atomic E-state index is 7.83. The molecule has 0 aromatic carbocycles. The van der Waals surface area contributed by atoms with Crippen LogP contribution in [0.5, 0.6) is 0 Å². The zero-order valence-electron chi connectivity index (χ0n) is 12.0. The quantitative estimate of drug-likeness (QED) is 0.643. The molecule has 0 saturated carbocycles. The van der Waals surface area contributed by atoms with Gasteiger partial charge in [-0.15, -0.1) is 0 Å². The Bertz CT molecular complexity index is 500. The van der Waals surface area contributed by atoms with Crippen LogP contribution in [0, 0.1) is 19.3 Å². The van der Waals surface area contributed by atoms with Crippen molar-refractivity contribution in [3.8, 4) is 0 Å². The summed E-state index contributed by atoms with van der Waals surface area (Å²) in [7, 11) is 0. The molecule has 1 aliphatic rings. The normalized spacial score (nSPS) is 23.5. The van der Waals surface area contributed by atoms with Crippen molar-refractivity contribution in [2.45, 2.75) is 39.0 Å². The number of hydrogen-bond acceptors (Lipinski definition) is 4. The SMILES string of the molecule is Cc1cc(C)c(C(=N)N)c(N2CCSC(C)C2C)n1. The highest BCUT2D eigenvalue weighted by Crippen LogP contribution is 2.31. The first-order valence-electron chi connectivity index (χ1n) is 6.62. The van der Waals surface area contributed by atoms with Gasteiger partial charge < -0.3 is 10.6 Å². The van der Waals surface area contributed by atoms with E-state index in [2.05, 4.69) is 23.7 Å². The monoisotopic (exact) mass is 278 g/mol. The summed E-state index contributed by atoms with van der Waals surface area (Å²) in [6, 6.07) is 2.40. The number of hydrogen-bond donors (Lipinski definition) is 2. The molecule has 3 N–H and O–H groups in total. The molecule has 1 saturated heterocycles. The first-order valence-corrected chi connectivity index (χ1v) is 7.67. The summed E-state index contributed by atoms with van der Waals surface area (Å²) >= 11 is 1.99. The fraction of sp³-hybridized carbons (Fsp3) is 0.571. The number of nitrogens with one attached hydrogen (secondary N) is 1. The molecule has 0 aliphatic carbocycles. The number of pyridine rings is 1. The molecule has 2 atom stereocenters. The van der Waals surface area contributed by atoms with E-state index in [1.807, 2.05) is 31.7 Å². The largest absolute Gasteiger partial charge is 0.384 e. The standard InChI is InChI=1S/C14H22N4S/c1-8-7-9(2)17-14(12(8)13(15)16)18-5-6-19-11(4)10(18)3/h7,10-11H,5-6H2,1-4H3,(H3,15,16). The van der Waals surface area contributed by atoms with Crippen molar-refractivity contribution in [2.24, 2.45) is 5.73 Å². The van der Waals surface area contributed by atoms with Gasteiger partial charge in [-0.1, -0.05) is 6.92 Å². The summed E-state index contributed by atoms with van der Waals surface area (Å²) in [5.74, 6) is 2.08. The summed E-state index contributed by atoms with van der Waals surface area (Å²) in [6.07, 6.45) is 0. The van der Waals surface area contributed by atoms with Crippen molar-refractivity contribution in [3.05, 3.63) is 22.9 Å². The Hall–Kier alpha value is -1.23. The minimum atomic E-state index is 0.109. The first kappa shape index (κ1) is 14.2. The molecule has 19 heavy (non-hydrogen) atoms. The molecule has 1 fully saturated rings. The molecule has 0 amide bonds. The van der Waals surface area contributed by atoms with Crippen molar-refractivity contribution in [1.29, 1.82) is 5.41 Å². The van der Waals surface area contributed by atoms with Gasteiger partial charge in [-0.3, -0.25) is 5.41 Å². The zero-order chi connectivity index (χ0) is 14.2. The fourth-order valence-corrected chi connectivity index (χ4v) is 3.69. The lowest BCUT2D eigenvalue weighted by atomic mass is 10.1. The molecule has 5 heteroatoms. The molecule has 104 valence electrons. The molecule has 2 heterocycles. The number of thioether (sulfide) groups is 1.